The summed E-state index contributed by atoms with van der Waals surface area (Å²) in [4.78, 5) is 17.3. The van der Waals surface area contributed by atoms with Gasteiger partial charge in [0.1, 0.15) is 0 Å². The van der Waals surface area contributed by atoms with Crippen LogP contribution in [0, 0.1) is 5.92 Å². The average molecular weight is 498 g/mol. The molecule has 2 fully saturated rings. The number of aromatic nitrogens is 1. The molecule has 6 nitrogen and oxygen atoms in total. The largest absolute Gasteiger partial charge is 0.302 e. The Hall–Kier alpha value is -2.45. The summed E-state index contributed by atoms with van der Waals surface area (Å²) in [6, 6.07) is 12.6. The van der Waals surface area contributed by atoms with E-state index in [0.29, 0.717) is 22.3 Å². The third kappa shape index (κ3) is 5.28. The number of hydrogen-bond donors (Lipinski definition) is 2. The number of rotatable bonds is 6. The number of thiazole rings is 1. The van der Waals surface area contributed by atoms with Crippen molar-refractivity contribution in [1.82, 2.24) is 4.98 Å². The monoisotopic (exact) mass is 497 g/mol. The third-order valence-corrected chi connectivity index (χ3v) is 9.46. The van der Waals surface area contributed by atoms with E-state index in [-0.39, 0.29) is 16.7 Å². The molecule has 2 aliphatic carbocycles. The smallest absolute Gasteiger partial charge is 0.261 e. The lowest BCUT2D eigenvalue weighted by atomic mass is 9.84. The maximum Gasteiger partial charge on any atom is 0.261 e. The zero-order chi connectivity index (χ0) is 23.5. The van der Waals surface area contributed by atoms with Crippen molar-refractivity contribution in [2.45, 2.75) is 75.0 Å². The van der Waals surface area contributed by atoms with Gasteiger partial charge in [0.25, 0.3) is 10.0 Å². The van der Waals surface area contributed by atoms with Crippen LogP contribution in [0.1, 0.15) is 75.7 Å². The standard InChI is InChI=1S/C26H31N3O3S2/c30-25(20-9-5-2-6-10-20)28-26-27-23-17-21(13-16-24(23)33-26)29-34(31,32)22-14-11-19(12-15-22)18-7-3-1-4-8-18/h11-18,20,29H,1-10H2,(H,27,28,30). The Labute approximate surface area is 205 Å². The van der Waals surface area contributed by atoms with E-state index < -0.39 is 10.0 Å². The SMILES string of the molecule is O=C(Nc1nc2cc(NS(=O)(=O)c3ccc(C4CCCCC4)cc3)ccc2s1)C1CCCCC1. The molecule has 2 N–H and O–H groups in total. The van der Waals surface area contributed by atoms with Gasteiger partial charge in [0, 0.05) is 5.92 Å². The molecule has 180 valence electrons. The summed E-state index contributed by atoms with van der Waals surface area (Å²) in [6.45, 7) is 0. The van der Waals surface area contributed by atoms with Crippen molar-refractivity contribution >= 4 is 48.3 Å². The first-order chi connectivity index (χ1) is 16.5. The van der Waals surface area contributed by atoms with Crippen molar-refractivity contribution in [3.8, 4) is 0 Å². The van der Waals surface area contributed by atoms with Gasteiger partial charge in [-0.05, 0) is 67.5 Å². The van der Waals surface area contributed by atoms with Crippen molar-refractivity contribution < 1.29 is 13.2 Å². The molecule has 34 heavy (non-hydrogen) atoms. The first kappa shape index (κ1) is 23.3. The molecule has 1 amide bonds. The highest BCUT2D eigenvalue weighted by Crippen LogP contribution is 2.34. The van der Waals surface area contributed by atoms with Gasteiger partial charge in [0.15, 0.2) is 5.13 Å². The first-order valence-corrected chi connectivity index (χ1v) is 14.6. The fraction of sp³-hybridized carbons (Fsp3) is 0.462. The summed E-state index contributed by atoms with van der Waals surface area (Å²) in [5, 5.41) is 3.52. The Balaban J connectivity index is 1.27. The van der Waals surface area contributed by atoms with E-state index in [4.69, 9.17) is 0 Å². The lowest BCUT2D eigenvalue weighted by Gasteiger charge is -2.22. The van der Waals surface area contributed by atoms with E-state index in [9.17, 15) is 13.2 Å². The van der Waals surface area contributed by atoms with E-state index in [1.54, 1.807) is 24.3 Å². The number of carbonyl (C=O) groups is 1. The van der Waals surface area contributed by atoms with Gasteiger partial charge in [-0.1, -0.05) is 62.0 Å². The zero-order valence-corrected chi connectivity index (χ0v) is 20.9. The average Bonchev–Trinajstić information content (AvgIpc) is 3.26. The summed E-state index contributed by atoms with van der Waals surface area (Å²) in [5.74, 6) is 0.641. The van der Waals surface area contributed by atoms with Crippen LogP contribution in [0.25, 0.3) is 10.2 Å². The molecular formula is C26H31N3O3S2. The van der Waals surface area contributed by atoms with Crippen LogP contribution in [-0.2, 0) is 14.8 Å². The lowest BCUT2D eigenvalue weighted by molar-refractivity contribution is -0.120. The molecule has 2 aliphatic rings. The minimum absolute atomic E-state index is 0.0383. The Kier molecular flexibility index (Phi) is 6.88. The van der Waals surface area contributed by atoms with Crippen molar-refractivity contribution in [3.05, 3.63) is 48.0 Å². The van der Waals surface area contributed by atoms with E-state index in [0.717, 1.165) is 30.4 Å². The summed E-state index contributed by atoms with van der Waals surface area (Å²) >= 11 is 1.41. The van der Waals surface area contributed by atoms with Crippen molar-refractivity contribution in [3.63, 3.8) is 0 Å². The summed E-state index contributed by atoms with van der Waals surface area (Å²) in [7, 11) is -3.70. The number of sulfonamides is 1. The predicted molar refractivity (Wildman–Crippen MR) is 138 cm³/mol. The topological polar surface area (TPSA) is 88.2 Å². The highest BCUT2D eigenvalue weighted by atomic mass is 32.2. The summed E-state index contributed by atoms with van der Waals surface area (Å²) in [6.07, 6.45) is 11.4. The minimum atomic E-state index is -3.70. The van der Waals surface area contributed by atoms with Crippen LogP contribution in [0.3, 0.4) is 0 Å². The second kappa shape index (κ2) is 10.0. The molecule has 0 atom stereocenters. The maximum atomic E-state index is 13.0. The fourth-order valence-electron chi connectivity index (χ4n) is 5.19. The normalized spacial score (nSPS) is 18.1. The van der Waals surface area contributed by atoms with Crippen LogP contribution < -0.4 is 10.0 Å². The number of fused-ring (bicyclic) bond motifs is 1. The third-order valence-electron chi connectivity index (χ3n) is 7.11. The lowest BCUT2D eigenvalue weighted by Crippen LogP contribution is -2.24. The van der Waals surface area contributed by atoms with Gasteiger partial charge >= 0.3 is 0 Å². The van der Waals surface area contributed by atoms with Crippen LogP contribution >= 0.6 is 11.3 Å². The second-order valence-electron chi connectivity index (χ2n) is 9.54. The van der Waals surface area contributed by atoms with Crippen molar-refractivity contribution in [2.24, 2.45) is 5.92 Å². The van der Waals surface area contributed by atoms with Gasteiger partial charge in [-0.25, -0.2) is 13.4 Å². The van der Waals surface area contributed by atoms with Crippen LogP contribution in [0.15, 0.2) is 47.4 Å². The molecular weight excluding hydrogens is 466 g/mol. The van der Waals surface area contributed by atoms with E-state index in [1.165, 1.54) is 55.4 Å². The molecule has 5 rings (SSSR count). The Morgan fingerprint density at radius 3 is 2.26 bits per heavy atom. The van der Waals surface area contributed by atoms with Crippen LogP contribution in [0.4, 0.5) is 10.8 Å². The highest BCUT2D eigenvalue weighted by molar-refractivity contribution is 7.92. The maximum absolute atomic E-state index is 13.0. The van der Waals surface area contributed by atoms with Crippen molar-refractivity contribution in [2.75, 3.05) is 10.0 Å². The Morgan fingerprint density at radius 2 is 1.56 bits per heavy atom. The summed E-state index contributed by atoms with van der Waals surface area (Å²) in [5.41, 5.74) is 2.35. The molecule has 8 heteroatoms. The predicted octanol–water partition coefficient (Wildman–Crippen LogP) is 6.66. The molecule has 3 aromatic rings. The van der Waals surface area contributed by atoms with Crippen LogP contribution in [0.2, 0.25) is 0 Å². The van der Waals surface area contributed by atoms with Crippen molar-refractivity contribution in [1.29, 1.82) is 0 Å². The Morgan fingerprint density at radius 1 is 0.882 bits per heavy atom. The molecule has 1 heterocycles. The quantitative estimate of drug-likeness (QED) is 0.398. The number of hydrogen-bond acceptors (Lipinski definition) is 5. The number of benzene rings is 2. The first-order valence-electron chi connectivity index (χ1n) is 12.3. The highest BCUT2D eigenvalue weighted by Gasteiger charge is 2.22. The minimum Gasteiger partial charge on any atom is -0.302 e. The van der Waals surface area contributed by atoms with E-state index >= 15 is 0 Å². The fourth-order valence-corrected chi connectivity index (χ4v) is 7.08. The van der Waals surface area contributed by atoms with Gasteiger partial charge in [-0.15, -0.1) is 0 Å². The van der Waals surface area contributed by atoms with Gasteiger partial charge in [0.05, 0.1) is 20.8 Å². The van der Waals surface area contributed by atoms with Gasteiger partial charge < -0.3 is 5.32 Å². The number of nitrogens with one attached hydrogen (secondary N) is 2. The second-order valence-corrected chi connectivity index (χ2v) is 12.2. The molecule has 0 aliphatic heterocycles. The molecule has 0 bridgehead atoms. The Bertz CT molecular complexity index is 1260. The molecule has 0 unspecified atom stereocenters. The van der Waals surface area contributed by atoms with Gasteiger partial charge in [0.2, 0.25) is 5.91 Å². The molecule has 0 radical (unpaired) electrons. The molecule has 2 saturated carbocycles. The molecule has 1 aromatic heterocycles. The van der Waals surface area contributed by atoms with Gasteiger partial charge in [-0.3, -0.25) is 9.52 Å². The van der Waals surface area contributed by atoms with Crippen LogP contribution in [0.5, 0.6) is 0 Å². The molecule has 2 aromatic carbocycles. The zero-order valence-electron chi connectivity index (χ0n) is 19.3. The number of amides is 1. The summed E-state index contributed by atoms with van der Waals surface area (Å²) < 4.78 is 29.5. The molecule has 0 spiro atoms. The molecule has 0 saturated heterocycles. The van der Waals surface area contributed by atoms with Crippen LogP contribution in [-0.4, -0.2) is 19.3 Å². The number of nitrogens with zero attached hydrogens (tertiary/aromatic N) is 1. The van der Waals surface area contributed by atoms with E-state index in [1.807, 2.05) is 18.2 Å². The van der Waals surface area contributed by atoms with Gasteiger partial charge in [-0.2, -0.15) is 0 Å². The number of carbonyl (C=O) groups excluding carboxylic acids is 1. The number of anilines is 2. The van der Waals surface area contributed by atoms with E-state index in [2.05, 4.69) is 15.0 Å².